The van der Waals surface area contributed by atoms with E-state index in [1.807, 2.05) is 25.1 Å². The molecule has 0 amide bonds. The van der Waals surface area contributed by atoms with Crippen molar-refractivity contribution in [2.45, 2.75) is 51.9 Å². The van der Waals surface area contributed by atoms with Crippen molar-refractivity contribution in [3.05, 3.63) is 123 Å². The number of likely N-dealkylation sites (tertiary alicyclic amines) is 1. The number of carboxylic acids is 1. The van der Waals surface area contributed by atoms with Crippen molar-refractivity contribution in [1.29, 1.82) is 0 Å². The Hall–Kier alpha value is -4.66. The summed E-state index contributed by atoms with van der Waals surface area (Å²) in [6.45, 7) is 6.80. The molecule has 2 fully saturated rings. The molecule has 1 aliphatic carbocycles. The Morgan fingerprint density at radius 1 is 0.936 bits per heavy atom. The van der Waals surface area contributed by atoms with Gasteiger partial charge < -0.3 is 19.8 Å². The molecule has 0 unspecified atom stereocenters. The van der Waals surface area contributed by atoms with Crippen LogP contribution in [0.15, 0.2) is 89.7 Å². The van der Waals surface area contributed by atoms with Gasteiger partial charge in [0.25, 0.3) is 5.56 Å². The fourth-order valence-electron chi connectivity index (χ4n) is 8.20. The van der Waals surface area contributed by atoms with E-state index in [4.69, 9.17) is 0 Å². The number of nitrogens with zero attached hydrogens (tertiary/aromatic N) is 3. The molecule has 1 aliphatic heterocycles. The molecular weight excluding hydrogens is 588 g/mol. The molecule has 3 aromatic carbocycles. The monoisotopic (exact) mass is 630 g/mol. The highest BCUT2D eigenvalue weighted by Gasteiger charge is 2.44. The van der Waals surface area contributed by atoms with Crippen LogP contribution >= 0.6 is 0 Å². The molecule has 3 atom stereocenters. The second-order valence-corrected chi connectivity index (χ2v) is 13.3. The third-order valence-corrected chi connectivity index (χ3v) is 10.5. The Bertz CT molecular complexity index is 1920. The number of carbonyl (C=O) groups is 1. The van der Waals surface area contributed by atoms with E-state index >= 15 is 0 Å². The van der Waals surface area contributed by atoms with Crippen molar-refractivity contribution in [2.24, 2.45) is 18.9 Å². The maximum Gasteiger partial charge on any atom is 0.345 e. The van der Waals surface area contributed by atoms with Gasteiger partial charge in [-0.25, -0.2) is 4.79 Å². The summed E-state index contributed by atoms with van der Waals surface area (Å²) in [6, 6.07) is 30.4. The van der Waals surface area contributed by atoms with Crippen LogP contribution in [0.4, 0.5) is 0 Å². The van der Waals surface area contributed by atoms with Crippen molar-refractivity contribution in [3.63, 3.8) is 0 Å². The van der Waals surface area contributed by atoms with Crippen molar-refractivity contribution in [3.8, 4) is 17.0 Å². The Morgan fingerprint density at radius 2 is 1.62 bits per heavy atom. The lowest BCUT2D eigenvalue weighted by Gasteiger charge is -2.33. The van der Waals surface area contributed by atoms with Gasteiger partial charge in [-0.05, 0) is 66.0 Å². The first kappa shape index (κ1) is 31.0. The molecular formula is C39H42N4O4. The summed E-state index contributed by atoms with van der Waals surface area (Å²) in [7, 11) is 2.10. The minimum atomic E-state index is -1.44. The molecule has 242 valence electrons. The third-order valence-electron chi connectivity index (χ3n) is 10.5. The first-order chi connectivity index (χ1) is 22.8. The topological polar surface area (TPSA) is 102 Å². The van der Waals surface area contributed by atoms with E-state index in [-0.39, 0.29) is 0 Å². The highest BCUT2D eigenvalue weighted by atomic mass is 16.4. The zero-order chi connectivity index (χ0) is 32.7. The fraction of sp³-hybridized carbons (Fsp3) is 0.333. The molecule has 3 heterocycles. The summed E-state index contributed by atoms with van der Waals surface area (Å²) in [5.74, 6) is -0.572. The number of hydrogen-bond donors (Lipinski definition) is 3. The third kappa shape index (κ3) is 5.99. The number of aryl methyl sites for hydroxylation is 1. The summed E-state index contributed by atoms with van der Waals surface area (Å²) >= 11 is 0. The lowest BCUT2D eigenvalue weighted by molar-refractivity contribution is 0.0691. The molecule has 2 aliphatic rings. The van der Waals surface area contributed by atoms with Crippen LogP contribution in [0.1, 0.15) is 52.5 Å². The highest BCUT2D eigenvalue weighted by molar-refractivity contribution is 5.92. The average molecular weight is 631 g/mol. The van der Waals surface area contributed by atoms with E-state index in [1.165, 1.54) is 29.7 Å². The van der Waals surface area contributed by atoms with Gasteiger partial charge in [-0.15, -0.1) is 0 Å². The Kier molecular flexibility index (Phi) is 8.47. The van der Waals surface area contributed by atoms with Gasteiger partial charge in [0.05, 0.1) is 5.69 Å². The predicted molar refractivity (Wildman–Crippen MR) is 184 cm³/mol. The molecule has 7 rings (SSSR count). The van der Waals surface area contributed by atoms with Crippen LogP contribution in [0.3, 0.4) is 0 Å². The van der Waals surface area contributed by atoms with Crippen molar-refractivity contribution in [1.82, 2.24) is 19.4 Å². The molecule has 0 radical (unpaired) electrons. The first-order valence-electron chi connectivity index (χ1n) is 16.6. The fourth-order valence-corrected chi connectivity index (χ4v) is 8.20. The standard InChI is InChI=1S/C39H42N4O4/c1-3-31-36(40-38(45)35(37(31)44)39(46)47)27-14-16-33-29(18-27)19-30(41(33)2)23-42-22-28-15-17-34(32(28)24-42)43(20-25-10-6-4-7-11-25)21-26-12-8-5-9-13-26/h4-14,16,18-19,28,32,34H,3,15,17,20-24H2,1-2H3,(H,46,47)(H2,40,44,45)/t28-,32+,34-/m1/s1. The van der Waals surface area contributed by atoms with Crippen LogP contribution in [0.5, 0.6) is 5.75 Å². The molecule has 47 heavy (non-hydrogen) atoms. The van der Waals surface area contributed by atoms with Crippen molar-refractivity contribution < 1.29 is 15.0 Å². The van der Waals surface area contributed by atoms with Crippen LogP contribution < -0.4 is 5.56 Å². The number of H-pyrrole nitrogens is 1. The Balaban J connectivity index is 1.11. The molecule has 1 saturated heterocycles. The molecule has 0 spiro atoms. The van der Waals surface area contributed by atoms with Gasteiger partial charge >= 0.3 is 5.97 Å². The quantitative estimate of drug-likeness (QED) is 0.165. The SMILES string of the molecule is CCc1c(-c2ccc3c(c2)cc(CN2C[C@H]4CC[C@@H](N(Cc5ccccc5)Cc5ccccc5)[C@H]4C2)n3C)[nH]c(=O)c(C(=O)O)c1O. The number of rotatable bonds is 10. The Labute approximate surface area is 274 Å². The van der Waals surface area contributed by atoms with Crippen LogP contribution in [0.25, 0.3) is 22.2 Å². The second-order valence-electron chi connectivity index (χ2n) is 13.3. The van der Waals surface area contributed by atoms with Gasteiger partial charge in [0.1, 0.15) is 5.75 Å². The summed E-state index contributed by atoms with van der Waals surface area (Å²) < 4.78 is 2.25. The van der Waals surface area contributed by atoms with E-state index in [0.717, 1.165) is 49.2 Å². The van der Waals surface area contributed by atoms with Gasteiger partial charge in [-0.1, -0.05) is 73.7 Å². The molecule has 8 nitrogen and oxygen atoms in total. The van der Waals surface area contributed by atoms with E-state index in [9.17, 15) is 19.8 Å². The lowest BCUT2D eigenvalue weighted by atomic mass is 9.96. The summed E-state index contributed by atoms with van der Waals surface area (Å²) in [5.41, 5.74) is 5.24. The lowest BCUT2D eigenvalue weighted by Crippen LogP contribution is -2.39. The number of hydrogen-bond acceptors (Lipinski definition) is 5. The Morgan fingerprint density at radius 3 is 2.26 bits per heavy atom. The summed E-state index contributed by atoms with van der Waals surface area (Å²) in [4.78, 5) is 32.2. The molecule has 8 heteroatoms. The van der Waals surface area contributed by atoms with E-state index in [1.54, 1.807) is 0 Å². The number of aromatic amines is 1. The number of aromatic nitrogens is 2. The summed E-state index contributed by atoms with van der Waals surface area (Å²) in [5, 5.41) is 21.1. The van der Waals surface area contributed by atoms with Gasteiger partial charge in [0.2, 0.25) is 0 Å². The van der Waals surface area contributed by atoms with Gasteiger partial charge in [-0.2, -0.15) is 0 Å². The van der Waals surface area contributed by atoms with Gasteiger partial charge in [-0.3, -0.25) is 14.6 Å². The van der Waals surface area contributed by atoms with Gasteiger partial charge in [0, 0.05) is 68.0 Å². The molecule has 2 aromatic heterocycles. The molecule has 1 saturated carbocycles. The molecule has 0 bridgehead atoms. The van der Waals surface area contributed by atoms with E-state index in [2.05, 4.69) is 93.1 Å². The number of fused-ring (bicyclic) bond motifs is 2. The van der Waals surface area contributed by atoms with Gasteiger partial charge in [0.15, 0.2) is 5.56 Å². The normalized spacial score (nSPS) is 19.5. The summed E-state index contributed by atoms with van der Waals surface area (Å²) in [6.07, 6.45) is 2.88. The number of benzene rings is 3. The average Bonchev–Trinajstić information content (AvgIpc) is 3.74. The minimum Gasteiger partial charge on any atom is -0.506 e. The maximum absolute atomic E-state index is 12.6. The molecule has 3 N–H and O–H groups in total. The molecule has 5 aromatic rings. The maximum atomic E-state index is 12.6. The highest BCUT2D eigenvalue weighted by Crippen LogP contribution is 2.42. The number of aromatic carboxylic acids is 1. The van der Waals surface area contributed by atoms with Crippen molar-refractivity contribution >= 4 is 16.9 Å². The van der Waals surface area contributed by atoms with Crippen molar-refractivity contribution in [2.75, 3.05) is 13.1 Å². The minimum absolute atomic E-state index is 0.378. The van der Waals surface area contributed by atoms with Crippen LogP contribution in [0, 0.1) is 11.8 Å². The zero-order valence-electron chi connectivity index (χ0n) is 27.0. The zero-order valence-corrected chi connectivity index (χ0v) is 27.0. The largest absolute Gasteiger partial charge is 0.506 e. The number of pyridine rings is 1. The second kappa shape index (κ2) is 12.9. The number of carboxylic acid groups (broad SMARTS) is 1. The smallest absolute Gasteiger partial charge is 0.345 e. The number of nitrogens with one attached hydrogen (secondary N) is 1. The van der Waals surface area contributed by atoms with Crippen LogP contribution in [0.2, 0.25) is 0 Å². The van der Waals surface area contributed by atoms with E-state index in [0.29, 0.717) is 35.6 Å². The number of aromatic hydroxyl groups is 1. The van der Waals surface area contributed by atoms with E-state index < -0.39 is 22.8 Å². The predicted octanol–water partition coefficient (Wildman–Crippen LogP) is 6.41. The van der Waals surface area contributed by atoms with Crippen LogP contribution in [-0.2, 0) is 33.1 Å². The first-order valence-corrected chi connectivity index (χ1v) is 16.6. The van der Waals surface area contributed by atoms with Crippen LogP contribution in [-0.4, -0.2) is 54.7 Å².